The fourth-order valence-electron chi connectivity index (χ4n) is 2.76. The third kappa shape index (κ3) is 6.04. The highest BCUT2D eigenvalue weighted by Gasteiger charge is 2.52. The topological polar surface area (TPSA) is 99.2 Å². The molecule has 2 rings (SSSR count). The molecule has 1 aliphatic heterocycles. The number of carbonyl (C=O) groups is 3. The molecule has 8 nitrogen and oxygen atoms in total. The van der Waals surface area contributed by atoms with Crippen LogP contribution >= 0.6 is 15.9 Å². The smallest absolute Gasteiger partial charge is 0.355 e. The minimum atomic E-state index is -1.76. The predicted octanol–water partition coefficient (Wildman–Crippen LogP) is 2.79. The highest BCUT2D eigenvalue weighted by molar-refractivity contribution is 9.10. The van der Waals surface area contributed by atoms with Gasteiger partial charge in [-0.15, -0.1) is 0 Å². The van der Waals surface area contributed by atoms with Gasteiger partial charge in [-0.3, -0.25) is 13.9 Å². The van der Waals surface area contributed by atoms with Crippen LogP contribution in [0.5, 0.6) is 5.75 Å². The molecule has 1 unspecified atom stereocenters. The van der Waals surface area contributed by atoms with Crippen LogP contribution in [0, 0.1) is 0 Å². The monoisotopic (exact) mass is 513 g/mol. The summed E-state index contributed by atoms with van der Waals surface area (Å²) < 4.78 is 27.9. The van der Waals surface area contributed by atoms with E-state index in [0.717, 1.165) is 21.9 Å². The van der Waals surface area contributed by atoms with Gasteiger partial charge in [-0.1, -0.05) is 28.1 Å². The summed E-state index contributed by atoms with van der Waals surface area (Å²) in [5, 5.41) is 0.290. The number of rotatable bonds is 9. The molecule has 1 aromatic rings. The van der Waals surface area contributed by atoms with E-state index in [1.807, 2.05) is 0 Å². The van der Waals surface area contributed by atoms with Gasteiger partial charge in [0.1, 0.15) is 28.3 Å². The van der Waals surface area contributed by atoms with Crippen LogP contribution in [0.15, 0.2) is 47.0 Å². The van der Waals surface area contributed by atoms with Gasteiger partial charge in [0, 0.05) is 11.5 Å². The van der Waals surface area contributed by atoms with E-state index in [-0.39, 0.29) is 18.9 Å². The van der Waals surface area contributed by atoms with Crippen molar-refractivity contribution >= 4 is 44.6 Å². The molecule has 1 aromatic carbocycles. The molecule has 0 spiro atoms. The van der Waals surface area contributed by atoms with Crippen LogP contribution in [0.25, 0.3) is 0 Å². The molecule has 1 saturated heterocycles. The lowest BCUT2D eigenvalue weighted by molar-refractivity contribution is -0.149. The number of ether oxygens (including phenoxy) is 3. The van der Waals surface area contributed by atoms with Crippen LogP contribution in [0.3, 0.4) is 0 Å². The Balaban J connectivity index is 2.14. The maximum atomic E-state index is 12.8. The van der Waals surface area contributed by atoms with Gasteiger partial charge >= 0.3 is 11.9 Å². The molecule has 0 saturated carbocycles. The van der Waals surface area contributed by atoms with Gasteiger partial charge in [-0.25, -0.2) is 9.59 Å². The molecule has 1 fully saturated rings. The quantitative estimate of drug-likeness (QED) is 0.216. The van der Waals surface area contributed by atoms with E-state index in [1.54, 1.807) is 52.1 Å². The fourth-order valence-corrected chi connectivity index (χ4v) is 5.03. The largest absolute Gasteiger partial charge is 0.497 e. The van der Waals surface area contributed by atoms with Crippen LogP contribution in [0.4, 0.5) is 0 Å². The summed E-state index contributed by atoms with van der Waals surface area (Å²) >= 11 is 3.21. The van der Waals surface area contributed by atoms with Crippen molar-refractivity contribution in [3.05, 3.63) is 52.6 Å². The highest BCUT2D eigenvalue weighted by atomic mass is 79.9. The van der Waals surface area contributed by atoms with E-state index in [0.29, 0.717) is 11.3 Å². The SMILES string of the molecule is CCOC(=O)C=CS(=O)[C@@H]1[C@@H](Br)C(=O)N1C(C(=O)OCc1ccc(OC)cc1)=C(C)C. The number of β-lactam (4-membered cyclic amide) rings is 1. The summed E-state index contributed by atoms with van der Waals surface area (Å²) in [5.74, 6) is -1.09. The Bertz CT molecular complexity index is 922. The van der Waals surface area contributed by atoms with Crippen molar-refractivity contribution in [1.29, 1.82) is 0 Å². The standard InChI is InChI=1S/C21H24BrNO7S/c1-5-29-16(24)10-11-31(27)20-17(22)19(25)23(20)18(13(2)3)21(26)30-12-14-6-8-15(28-4)9-7-14/h6-11,17,20H,5,12H2,1-4H3/t17-,20+,31?/m0/s1. The first kappa shape index (κ1) is 24.8. The van der Waals surface area contributed by atoms with Crippen LogP contribution in [0.2, 0.25) is 0 Å². The van der Waals surface area contributed by atoms with E-state index in [4.69, 9.17) is 14.2 Å². The van der Waals surface area contributed by atoms with Crippen molar-refractivity contribution < 1.29 is 32.8 Å². The number of benzene rings is 1. The Morgan fingerprint density at radius 2 is 1.84 bits per heavy atom. The van der Waals surface area contributed by atoms with E-state index in [1.165, 1.54) is 0 Å². The van der Waals surface area contributed by atoms with E-state index < -0.39 is 38.8 Å². The summed E-state index contributed by atoms with van der Waals surface area (Å²) in [6, 6.07) is 7.01. The molecule has 1 amide bonds. The fraction of sp³-hybridized carbons (Fsp3) is 0.381. The van der Waals surface area contributed by atoms with Gasteiger partial charge in [0.05, 0.1) is 24.5 Å². The molecular formula is C21H24BrNO7S. The lowest BCUT2D eigenvalue weighted by atomic mass is 10.1. The van der Waals surface area contributed by atoms with Crippen molar-refractivity contribution in [2.24, 2.45) is 0 Å². The van der Waals surface area contributed by atoms with Gasteiger partial charge in [0.2, 0.25) is 5.91 Å². The first-order chi connectivity index (χ1) is 14.7. The van der Waals surface area contributed by atoms with E-state index in [2.05, 4.69) is 15.9 Å². The number of nitrogens with zero attached hydrogens (tertiary/aromatic N) is 1. The molecule has 168 valence electrons. The molecule has 1 aliphatic rings. The Kier molecular flexibility index (Phi) is 9.00. The van der Waals surface area contributed by atoms with E-state index in [9.17, 15) is 18.6 Å². The highest BCUT2D eigenvalue weighted by Crippen LogP contribution is 2.35. The molecule has 1 heterocycles. The summed E-state index contributed by atoms with van der Waals surface area (Å²) in [6.45, 7) is 5.16. The first-order valence-corrected chi connectivity index (χ1v) is 11.6. The number of allylic oxidation sites excluding steroid dienone is 1. The van der Waals surface area contributed by atoms with Gasteiger partial charge < -0.3 is 14.2 Å². The number of likely N-dealkylation sites (tertiary alicyclic amines) is 1. The van der Waals surface area contributed by atoms with Gasteiger partial charge in [0.25, 0.3) is 0 Å². The maximum Gasteiger partial charge on any atom is 0.355 e. The second-order valence-corrected chi connectivity index (χ2v) is 9.06. The minimum Gasteiger partial charge on any atom is -0.497 e. The zero-order valence-corrected chi connectivity index (χ0v) is 20.0. The second kappa shape index (κ2) is 11.2. The maximum absolute atomic E-state index is 12.8. The average Bonchev–Trinajstić information content (AvgIpc) is 2.75. The molecule has 0 N–H and O–H groups in total. The van der Waals surface area contributed by atoms with Crippen molar-refractivity contribution in [2.75, 3.05) is 13.7 Å². The molecule has 10 heteroatoms. The lowest BCUT2D eigenvalue weighted by Gasteiger charge is -2.43. The third-order valence-electron chi connectivity index (χ3n) is 4.28. The summed E-state index contributed by atoms with van der Waals surface area (Å²) in [4.78, 5) is 37.1. The van der Waals surface area contributed by atoms with Crippen molar-refractivity contribution in [3.8, 4) is 5.75 Å². The number of esters is 2. The zero-order valence-electron chi connectivity index (χ0n) is 17.6. The number of methoxy groups -OCH3 is 1. The average molecular weight is 514 g/mol. The Hall–Kier alpha value is -2.46. The Labute approximate surface area is 191 Å². The number of alkyl halides is 1. The van der Waals surface area contributed by atoms with E-state index >= 15 is 0 Å². The van der Waals surface area contributed by atoms with Crippen LogP contribution in [-0.2, 0) is 41.3 Å². The normalized spacial score (nSPS) is 18.9. The van der Waals surface area contributed by atoms with Crippen LogP contribution < -0.4 is 4.74 Å². The van der Waals surface area contributed by atoms with Gasteiger partial charge in [-0.05, 0) is 44.0 Å². The molecule has 0 bridgehead atoms. The zero-order chi connectivity index (χ0) is 23.1. The van der Waals surface area contributed by atoms with Crippen LogP contribution in [-0.4, -0.2) is 50.9 Å². The number of hydrogen-bond acceptors (Lipinski definition) is 7. The summed E-state index contributed by atoms with van der Waals surface area (Å²) in [7, 11) is -0.204. The van der Waals surface area contributed by atoms with Gasteiger partial charge in [-0.2, -0.15) is 0 Å². The molecule has 31 heavy (non-hydrogen) atoms. The predicted molar refractivity (Wildman–Crippen MR) is 118 cm³/mol. The number of amides is 1. The number of halogens is 1. The summed E-state index contributed by atoms with van der Waals surface area (Å²) in [5.41, 5.74) is 1.30. The molecule has 0 aliphatic carbocycles. The summed E-state index contributed by atoms with van der Waals surface area (Å²) in [6.07, 6.45) is 1.05. The molecule has 0 aromatic heterocycles. The Morgan fingerprint density at radius 3 is 2.39 bits per heavy atom. The molecule has 3 atom stereocenters. The van der Waals surface area contributed by atoms with Crippen LogP contribution in [0.1, 0.15) is 26.3 Å². The van der Waals surface area contributed by atoms with Gasteiger partial charge in [0.15, 0.2) is 0 Å². The third-order valence-corrected chi connectivity index (χ3v) is 6.88. The van der Waals surface area contributed by atoms with Crippen molar-refractivity contribution in [3.63, 3.8) is 0 Å². The second-order valence-electron chi connectivity index (χ2n) is 6.66. The molecular weight excluding hydrogens is 490 g/mol. The molecule has 0 radical (unpaired) electrons. The first-order valence-electron chi connectivity index (χ1n) is 9.40. The number of hydrogen-bond donors (Lipinski definition) is 0. The Morgan fingerprint density at radius 1 is 1.19 bits per heavy atom. The minimum absolute atomic E-state index is 0.00407. The van der Waals surface area contributed by atoms with Crippen molar-refractivity contribution in [1.82, 2.24) is 4.90 Å². The van der Waals surface area contributed by atoms with Crippen molar-refractivity contribution in [2.45, 2.75) is 37.6 Å². The lowest BCUT2D eigenvalue weighted by Crippen LogP contribution is -2.63. The number of carbonyl (C=O) groups excluding carboxylic acids is 3.